The van der Waals surface area contributed by atoms with Crippen LogP contribution in [0.1, 0.15) is 11.6 Å². The number of aromatic nitrogens is 4. The lowest BCUT2D eigenvalue weighted by Crippen LogP contribution is -2.41. The van der Waals surface area contributed by atoms with Gasteiger partial charge in [0.1, 0.15) is 0 Å². The van der Waals surface area contributed by atoms with Crippen molar-refractivity contribution < 1.29 is 0 Å². The molecule has 3 aromatic heterocycles. The van der Waals surface area contributed by atoms with E-state index in [2.05, 4.69) is 140 Å². The number of para-hydroxylation sites is 4. The quantitative estimate of drug-likeness (QED) is 0.240. The molecule has 1 aliphatic heterocycles. The van der Waals surface area contributed by atoms with Crippen LogP contribution in [0, 0.1) is 0 Å². The predicted octanol–water partition coefficient (Wildman–Crippen LogP) is 8.93. The van der Waals surface area contributed by atoms with Crippen LogP contribution in [-0.4, -0.2) is 18.9 Å². The molecule has 10 rings (SSSR count). The number of nitrogens with zero attached hydrogens (tertiary/aromatic N) is 3. The molecular formula is C36H24N4. The second-order valence-electron chi connectivity index (χ2n) is 11.1. The molecule has 0 saturated heterocycles. The molecule has 6 aromatic carbocycles. The lowest BCUT2D eigenvalue weighted by molar-refractivity contribution is 0.256. The maximum absolute atomic E-state index is 3.88. The monoisotopic (exact) mass is 512 g/mol. The Labute approximate surface area is 229 Å². The van der Waals surface area contributed by atoms with E-state index in [1.165, 1.54) is 76.7 Å². The van der Waals surface area contributed by atoms with Crippen molar-refractivity contribution in [1.82, 2.24) is 18.9 Å². The van der Waals surface area contributed by atoms with E-state index in [1.807, 2.05) is 0 Å². The fraction of sp³-hybridized carbons (Fsp3) is 0.0556. The van der Waals surface area contributed by atoms with Crippen molar-refractivity contribution >= 4 is 65.4 Å². The van der Waals surface area contributed by atoms with E-state index in [4.69, 9.17) is 0 Å². The Morgan fingerprint density at radius 1 is 0.575 bits per heavy atom. The SMILES string of the molecule is c1ccc(-n2c3ccc4ccccc4c3c3c4c([nH]c5ccccc54)c(C4Cn5c6ccccc6n54)cc32)cc1. The van der Waals surface area contributed by atoms with Gasteiger partial charge in [-0.05, 0) is 53.2 Å². The highest BCUT2D eigenvalue weighted by Gasteiger charge is 2.35. The van der Waals surface area contributed by atoms with Crippen LogP contribution in [0.2, 0.25) is 0 Å². The van der Waals surface area contributed by atoms with E-state index >= 15 is 0 Å². The van der Waals surface area contributed by atoms with Crippen molar-refractivity contribution in [3.05, 3.63) is 127 Å². The first-order valence-corrected chi connectivity index (χ1v) is 14.0. The molecule has 0 amide bonds. The highest BCUT2D eigenvalue weighted by atomic mass is 15.5. The molecule has 1 N–H and O–H groups in total. The summed E-state index contributed by atoms with van der Waals surface area (Å²) in [7, 11) is 0. The van der Waals surface area contributed by atoms with Crippen LogP contribution in [0.4, 0.5) is 0 Å². The second kappa shape index (κ2) is 7.25. The van der Waals surface area contributed by atoms with Gasteiger partial charge in [0.25, 0.3) is 0 Å². The van der Waals surface area contributed by atoms with Crippen molar-refractivity contribution in [3.8, 4) is 5.69 Å². The van der Waals surface area contributed by atoms with Crippen LogP contribution < -0.4 is 0 Å². The van der Waals surface area contributed by atoms with Crippen molar-refractivity contribution in [3.63, 3.8) is 0 Å². The normalized spacial score (nSPS) is 15.2. The smallest absolute Gasteiger partial charge is 0.0973 e. The first-order valence-electron chi connectivity index (χ1n) is 14.0. The zero-order chi connectivity index (χ0) is 25.9. The molecule has 0 spiro atoms. The van der Waals surface area contributed by atoms with Crippen LogP contribution in [0.5, 0.6) is 0 Å². The Morgan fingerprint density at radius 2 is 1.32 bits per heavy atom. The summed E-state index contributed by atoms with van der Waals surface area (Å²) in [6.07, 6.45) is 0. The number of aromatic amines is 1. The number of rotatable bonds is 2. The van der Waals surface area contributed by atoms with Gasteiger partial charge in [-0.1, -0.05) is 78.9 Å². The lowest BCUT2D eigenvalue weighted by atomic mass is 9.94. The summed E-state index contributed by atoms with van der Waals surface area (Å²) in [5.74, 6) is 0. The Balaban J connectivity index is 1.43. The van der Waals surface area contributed by atoms with Gasteiger partial charge in [0, 0.05) is 38.3 Å². The van der Waals surface area contributed by atoms with Crippen molar-refractivity contribution in [2.75, 3.05) is 0 Å². The van der Waals surface area contributed by atoms with Gasteiger partial charge in [0.05, 0.1) is 40.2 Å². The van der Waals surface area contributed by atoms with Gasteiger partial charge in [-0.15, -0.1) is 0 Å². The van der Waals surface area contributed by atoms with Crippen molar-refractivity contribution in [1.29, 1.82) is 0 Å². The molecule has 1 unspecified atom stereocenters. The molecule has 40 heavy (non-hydrogen) atoms. The summed E-state index contributed by atoms with van der Waals surface area (Å²) in [4.78, 5) is 3.88. The van der Waals surface area contributed by atoms with E-state index in [9.17, 15) is 0 Å². The van der Waals surface area contributed by atoms with Gasteiger partial charge in [0.2, 0.25) is 0 Å². The van der Waals surface area contributed by atoms with E-state index in [0.29, 0.717) is 0 Å². The summed E-state index contributed by atoms with van der Waals surface area (Å²) >= 11 is 0. The summed E-state index contributed by atoms with van der Waals surface area (Å²) in [6, 6.07) is 44.5. The maximum atomic E-state index is 3.88. The molecule has 4 heteroatoms. The molecule has 0 aliphatic carbocycles. The zero-order valence-electron chi connectivity index (χ0n) is 21.7. The van der Waals surface area contributed by atoms with E-state index in [0.717, 1.165) is 6.54 Å². The first kappa shape index (κ1) is 20.7. The maximum Gasteiger partial charge on any atom is 0.0973 e. The van der Waals surface area contributed by atoms with Crippen molar-refractivity contribution in [2.24, 2.45) is 0 Å². The van der Waals surface area contributed by atoms with Crippen LogP contribution in [0.25, 0.3) is 71.1 Å². The van der Waals surface area contributed by atoms with Crippen LogP contribution >= 0.6 is 0 Å². The van der Waals surface area contributed by atoms with Gasteiger partial charge >= 0.3 is 0 Å². The van der Waals surface area contributed by atoms with E-state index in [1.54, 1.807) is 0 Å². The third-order valence-electron chi connectivity index (χ3n) is 9.11. The van der Waals surface area contributed by atoms with E-state index < -0.39 is 0 Å². The summed E-state index contributed by atoms with van der Waals surface area (Å²) in [5, 5.41) is 7.82. The summed E-state index contributed by atoms with van der Waals surface area (Å²) < 4.78 is 7.34. The highest BCUT2D eigenvalue weighted by molar-refractivity contribution is 6.33. The average molecular weight is 513 g/mol. The second-order valence-corrected chi connectivity index (χ2v) is 11.1. The molecule has 0 fully saturated rings. The minimum Gasteiger partial charge on any atom is -0.354 e. The lowest BCUT2D eigenvalue weighted by Gasteiger charge is -2.43. The molecule has 188 valence electrons. The molecule has 1 aliphatic rings. The van der Waals surface area contributed by atoms with E-state index in [-0.39, 0.29) is 6.04 Å². The highest BCUT2D eigenvalue weighted by Crippen LogP contribution is 2.47. The fourth-order valence-corrected chi connectivity index (χ4v) is 7.40. The molecule has 0 radical (unpaired) electrons. The number of hydrogen-bond donors (Lipinski definition) is 1. The largest absolute Gasteiger partial charge is 0.354 e. The summed E-state index contributed by atoms with van der Waals surface area (Å²) in [5.41, 5.74) is 10.1. The third kappa shape index (κ3) is 2.43. The number of nitrogens with one attached hydrogen (secondary N) is 1. The molecule has 4 heterocycles. The molecule has 1 atom stereocenters. The third-order valence-corrected chi connectivity index (χ3v) is 9.11. The molecule has 9 aromatic rings. The number of H-pyrrole nitrogens is 1. The Kier molecular flexibility index (Phi) is 3.75. The number of hydrogen-bond acceptors (Lipinski definition) is 0. The standard InChI is InChI=1S/C36H24N4/c1-2-11-23(12-3-1)39-30-19-18-22-10-4-5-13-24(22)33(30)35-31(39)20-26(36-34(35)25-14-6-7-15-27(25)37-36)32-21-38-28-16-8-9-17-29(28)40(32)38/h1-20,32,37H,21H2. The number of benzene rings is 6. The van der Waals surface area contributed by atoms with Crippen LogP contribution in [0.3, 0.4) is 0 Å². The first-order chi connectivity index (χ1) is 19.9. The Hall–Kier alpha value is -5.22. The minimum absolute atomic E-state index is 0.286. The van der Waals surface area contributed by atoms with Gasteiger partial charge in [-0.25, -0.2) is 0 Å². The van der Waals surface area contributed by atoms with Gasteiger partial charge < -0.3 is 9.55 Å². The fourth-order valence-electron chi connectivity index (χ4n) is 7.40. The summed E-state index contributed by atoms with van der Waals surface area (Å²) in [6.45, 7) is 0.988. The topological polar surface area (TPSA) is 30.6 Å². The Bertz CT molecular complexity index is 2460. The molecule has 0 saturated carbocycles. The van der Waals surface area contributed by atoms with Crippen LogP contribution in [0.15, 0.2) is 121 Å². The van der Waals surface area contributed by atoms with Gasteiger partial charge in [0.15, 0.2) is 0 Å². The van der Waals surface area contributed by atoms with Crippen molar-refractivity contribution in [2.45, 2.75) is 12.6 Å². The zero-order valence-corrected chi connectivity index (χ0v) is 21.7. The molecule has 0 bridgehead atoms. The average Bonchev–Trinajstić information content (AvgIpc) is 3.54. The van der Waals surface area contributed by atoms with Gasteiger partial charge in [-0.3, -0.25) is 9.36 Å². The number of fused-ring (bicyclic) bond motifs is 13. The molecule has 4 nitrogen and oxygen atoms in total. The Morgan fingerprint density at radius 3 is 2.23 bits per heavy atom. The van der Waals surface area contributed by atoms with Gasteiger partial charge in [-0.2, -0.15) is 0 Å². The minimum atomic E-state index is 0.286. The predicted molar refractivity (Wildman–Crippen MR) is 166 cm³/mol. The molecular weight excluding hydrogens is 488 g/mol. The van der Waals surface area contributed by atoms with Crippen LogP contribution in [-0.2, 0) is 6.54 Å².